The van der Waals surface area contributed by atoms with E-state index in [1.807, 2.05) is 0 Å². The summed E-state index contributed by atoms with van der Waals surface area (Å²) in [5.41, 5.74) is -3.68. The van der Waals surface area contributed by atoms with Crippen LogP contribution in [-0.2, 0) is 28.2 Å². The Morgan fingerprint density at radius 2 is 0.618 bits per heavy atom. The molecule has 2 aliphatic rings. The SMILES string of the molecule is O=C1OB(c2c(F)c(F)c(F)c(F)c2F)OC2=C1OB(c1c(F)c(F)c(F)c(F)c1F)OC2=O. The number of halogens is 10. The van der Waals surface area contributed by atoms with Gasteiger partial charge < -0.3 is 18.6 Å². The van der Waals surface area contributed by atoms with E-state index in [0.717, 1.165) is 0 Å². The van der Waals surface area contributed by atoms with Crippen LogP contribution in [0.2, 0.25) is 0 Å². The maximum Gasteiger partial charge on any atom is 0.641 e. The largest absolute Gasteiger partial charge is 0.641 e. The van der Waals surface area contributed by atoms with Crippen molar-refractivity contribution < 1.29 is 72.1 Å². The van der Waals surface area contributed by atoms with Crippen LogP contribution in [0.25, 0.3) is 0 Å². The van der Waals surface area contributed by atoms with Gasteiger partial charge in [-0.1, -0.05) is 0 Å². The van der Waals surface area contributed by atoms with E-state index in [-0.39, 0.29) is 0 Å². The Morgan fingerprint density at radius 1 is 0.382 bits per heavy atom. The lowest BCUT2D eigenvalue weighted by Gasteiger charge is -2.30. The second-order valence-electron chi connectivity index (χ2n) is 6.34. The fourth-order valence-corrected chi connectivity index (χ4v) is 2.85. The zero-order chi connectivity index (χ0) is 25.2. The normalized spacial score (nSPS) is 15.6. The maximum atomic E-state index is 14.0. The van der Waals surface area contributed by atoms with E-state index in [0.29, 0.717) is 0 Å². The second-order valence-corrected chi connectivity index (χ2v) is 6.34. The second kappa shape index (κ2) is 7.88. The van der Waals surface area contributed by atoms with Gasteiger partial charge >= 0.3 is 26.2 Å². The third kappa shape index (κ3) is 3.23. The summed E-state index contributed by atoms with van der Waals surface area (Å²) in [6.45, 7) is 0. The molecule has 0 saturated heterocycles. The summed E-state index contributed by atoms with van der Waals surface area (Å²) in [5, 5.41) is 0. The molecule has 0 radical (unpaired) electrons. The molecule has 0 bridgehead atoms. The Hall–Kier alpha value is -3.85. The van der Waals surface area contributed by atoms with E-state index >= 15 is 0 Å². The summed E-state index contributed by atoms with van der Waals surface area (Å²) in [6, 6.07) is 0. The number of carbonyl (C=O) groups is 2. The summed E-state index contributed by atoms with van der Waals surface area (Å²) >= 11 is 0. The Bertz CT molecular complexity index is 1170. The fraction of sp³-hybridized carbons (Fsp3) is 0. The number of rotatable bonds is 2. The molecule has 0 aromatic heterocycles. The Balaban J connectivity index is 1.75. The van der Waals surface area contributed by atoms with Crippen molar-refractivity contribution in [2.75, 3.05) is 0 Å². The summed E-state index contributed by atoms with van der Waals surface area (Å²) in [5.74, 6) is -31.6. The third-order valence-corrected chi connectivity index (χ3v) is 4.41. The van der Waals surface area contributed by atoms with Crippen molar-refractivity contribution >= 4 is 37.1 Å². The lowest BCUT2D eigenvalue weighted by Crippen LogP contribution is -2.53. The van der Waals surface area contributed by atoms with Gasteiger partial charge in [-0.25, -0.2) is 53.5 Å². The van der Waals surface area contributed by atoms with Crippen LogP contribution in [-0.4, -0.2) is 26.2 Å². The van der Waals surface area contributed by atoms with Crippen molar-refractivity contribution in [3.63, 3.8) is 0 Å². The first-order chi connectivity index (χ1) is 15.9. The smallest absolute Gasteiger partial charge is 0.514 e. The summed E-state index contributed by atoms with van der Waals surface area (Å²) in [4.78, 5) is 24.3. The van der Waals surface area contributed by atoms with Gasteiger partial charge in [0.25, 0.3) is 0 Å². The van der Waals surface area contributed by atoms with Crippen molar-refractivity contribution in [2.24, 2.45) is 0 Å². The number of hydrogen-bond donors (Lipinski definition) is 0. The van der Waals surface area contributed by atoms with Gasteiger partial charge in [0, 0.05) is 0 Å². The highest BCUT2D eigenvalue weighted by molar-refractivity contribution is 6.67. The molecule has 2 aliphatic heterocycles. The zero-order valence-electron chi connectivity index (χ0n) is 15.4. The Labute approximate surface area is 179 Å². The lowest BCUT2D eigenvalue weighted by molar-refractivity contribution is -0.144. The van der Waals surface area contributed by atoms with Crippen molar-refractivity contribution in [1.29, 1.82) is 0 Å². The van der Waals surface area contributed by atoms with Gasteiger partial charge in [-0.05, 0) is 0 Å². The van der Waals surface area contributed by atoms with E-state index in [1.54, 1.807) is 0 Å². The van der Waals surface area contributed by atoms with Crippen LogP contribution in [0.1, 0.15) is 0 Å². The average molecular weight is 500 g/mol. The minimum Gasteiger partial charge on any atom is -0.514 e. The first kappa shape index (κ1) is 23.3. The predicted octanol–water partition coefficient (Wildman–Crippen LogP) is 1.53. The predicted molar refractivity (Wildman–Crippen MR) is 84.6 cm³/mol. The average Bonchev–Trinajstić information content (AvgIpc) is 2.80. The molecule has 0 spiro atoms. The monoisotopic (exact) mass is 500 g/mol. The van der Waals surface area contributed by atoms with Gasteiger partial charge in [0.05, 0.1) is 10.9 Å². The molecule has 34 heavy (non-hydrogen) atoms. The van der Waals surface area contributed by atoms with Crippen LogP contribution in [0.5, 0.6) is 0 Å². The minimum absolute atomic E-state index is 1.43. The topological polar surface area (TPSA) is 71.1 Å². The maximum absolute atomic E-state index is 14.0. The molecule has 2 aromatic rings. The number of hydrogen-bond acceptors (Lipinski definition) is 6. The van der Waals surface area contributed by atoms with E-state index in [2.05, 4.69) is 18.6 Å². The zero-order valence-corrected chi connectivity index (χ0v) is 15.4. The van der Waals surface area contributed by atoms with E-state index in [4.69, 9.17) is 0 Å². The van der Waals surface area contributed by atoms with E-state index in [1.165, 1.54) is 0 Å². The summed E-state index contributed by atoms with van der Waals surface area (Å²) < 4.78 is 154. The van der Waals surface area contributed by atoms with Crippen LogP contribution >= 0.6 is 0 Å². The molecule has 0 fully saturated rings. The lowest BCUT2D eigenvalue weighted by atomic mass is 9.75. The molecule has 0 atom stereocenters. The van der Waals surface area contributed by atoms with Gasteiger partial charge in [0.1, 0.15) is 0 Å². The molecule has 4 rings (SSSR count). The van der Waals surface area contributed by atoms with Crippen LogP contribution in [0.3, 0.4) is 0 Å². The highest BCUT2D eigenvalue weighted by Gasteiger charge is 2.53. The quantitative estimate of drug-likeness (QED) is 0.270. The molecule has 0 saturated carbocycles. The minimum atomic E-state index is -2.77. The van der Waals surface area contributed by atoms with Crippen molar-refractivity contribution in [2.45, 2.75) is 0 Å². The van der Waals surface area contributed by atoms with Gasteiger partial charge in [0.2, 0.25) is 11.5 Å². The van der Waals surface area contributed by atoms with Crippen LogP contribution < -0.4 is 10.9 Å². The Morgan fingerprint density at radius 3 is 0.882 bits per heavy atom. The molecule has 2 heterocycles. The third-order valence-electron chi connectivity index (χ3n) is 4.41. The molecule has 0 unspecified atom stereocenters. The summed E-state index contributed by atoms with van der Waals surface area (Å²) in [6.07, 6.45) is 0. The first-order valence-corrected chi connectivity index (χ1v) is 8.38. The highest BCUT2D eigenvalue weighted by Crippen LogP contribution is 2.28. The molecule has 2 aromatic carbocycles. The van der Waals surface area contributed by atoms with Crippen molar-refractivity contribution in [1.82, 2.24) is 0 Å². The molecular formula is C16B2F10O6. The van der Waals surface area contributed by atoms with E-state index in [9.17, 15) is 53.5 Å². The number of benzene rings is 2. The summed E-state index contributed by atoms with van der Waals surface area (Å²) in [7, 11) is -5.53. The molecule has 0 aliphatic carbocycles. The van der Waals surface area contributed by atoms with Crippen molar-refractivity contribution in [3.8, 4) is 0 Å². The molecular weight excluding hydrogens is 500 g/mol. The molecule has 6 nitrogen and oxygen atoms in total. The van der Waals surface area contributed by atoms with Gasteiger partial charge in [0.15, 0.2) is 58.2 Å². The standard InChI is InChI=1S/C16B2F10O6/c19-3-1(4(20)8(24)11(27)7(3)23)17-31-13-14(15(29)33-17)32-18(34-16(13)30)2-5(21)9(25)12(28)10(26)6(2)22. The Kier molecular flexibility index (Phi) is 5.40. The number of carbonyl (C=O) groups excluding carboxylic acids is 2. The molecule has 18 heteroatoms. The molecule has 176 valence electrons. The van der Waals surface area contributed by atoms with Gasteiger partial charge in [-0.2, -0.15) is 0 Å². The van der Waals surface area contributed by atoms with Gasteiger partial charge in [-0.3, -0.25) is 0 Å². The highest BCUT2D eigenvalue weighted by atomic mass is 19.2. The molecule has 0 N–H and O–H groups in total. The van der Waals surface area contributed by atoms with Crippen LogP contribution in [0.4, 0.5) is 43.9 Å². The van der Waals surface area contributed by atoms with Gasteiger partial charge in [-0.15, -0.1) is 0 Å². The fourth-order valence-electron chi connectivity index (χ4n) is 2.85. The van der Waals surface area contributed by atoms with Crippen molar-refractivity contribution in [3.05, 3.63) is 69.7 Å². The first-order valence-electron chi connectivity index (χ1n) is 8.38. The van der Waals surface area contributed by atoms with Crippen LogP contribution in [0, 0.1) is 58.2 Å². The van der Waals surface area contributed by atoms with E-state index < -0.39 is 107 Å². The van der Waals surface area contributed by atoms with Crippen LogP contribution in [0.15, 0.2) is 11.5 Å². The molecule has 0 amide bonds.